The molecule has 1 saturated heterocycles. The standard InChI is InChI=1S/C14H29N3O2/c1-4-12(5-10-18)11-16-13(19)14(2,3)17-8-6-15-7-9-17/h12,15,18H,4-11H2,1-3H3,(H,16,19). The van der Waals surface area contributed by atoms with Crippen LogP contribution in [-0.4, -0.2) is 60.8 Å². The zero-order valence-corrected chi connectivity index (χ0v) is 12.5. The molecule has 5 heteroatoms. The molecular weight excluding hydrogens is 242 g/mol. The molecule has 1 amide bonds. The van der Waals surface area contributed by atoms with Gasteiger partial charge in [-0.1, -0.05) is 13.3 Å². The van der Waals surface area contributed by atoms with Gasteiger partial charge in [0.25, 0.3) is 0 Å². The van der Waals surface area contributed by atoms with Gasteiger partial charge < -0.3 is 15.7 Å². The summed E-state index contributed by atoms with van der Waals surface area (Å²) in [4.78, 5) is 14.6. The van der Waals surface area contributed by atoms with Crippen molar-refractivity contribution in [3.63, 3.8) is 0 Å². The quantitative estimate of drug-likeness (QED) is 0.619. The Bertz CT molecular complexity index is 276. The van der Waals surface area contributed by atoms with Gasteiger partial charge in [0.2, 0.25) is 5.91 Å². The topological polar surface area (TPSA) is 64.6 Å². The zero-order valence-electron chi connectivity index (χ0n) is 12.5. The minimum absolute atomic E-state index is 0.0887. The van der Waals surface area contributed by atoms with Crippen molar-refractivity contribution in [1.29, 1.82) is 0 Å². The Morgan fingerprint density at radius 3 is 2.58 bits per heavy atom. The lowest BCUT2D eigenvalue weighted by Crippen LogP contribution is -2.60. The lowest BCUT2D eigenvalue weighted by molar-refractivity contribution is -0.132. The Balaban J connectivity index is 2.45. The predicted octanol–water partition coefficient (Wildman–Crippen LogP) is 0.195. The number of piperazine rings is 1. The first-order valence-electron chi connectivity index (χ1n) is 7.37. The van der Waals surface area contributed by atoms with Crippen molar-refractivity contribution in [1.82, 2.24) is 15.5 Å². The molecule has 0 radical (unpaired) electrons. The minimum Gasteiger partial charge on any atom is -0.396 e. The summed E-state index contributed by atoms with van der Waals surface area (Å²) in [6.45, 7) is 10.6. The monoisotopic (exact) mass is 271 g/mol. The molecule has 1 atom stereocenters. The van der Waals surface area contributed by atoms with Crippen molar-refractivity contribution in [3.05, 3.63) is 0 Å². The van der Waals surface area contributed by atoms with Gasteiger partial charge in [-0.3, -0.25) is 9.69 Å². The Morgan fingerprint density at radius 1 is 1.42 bits per heavy atom. The molecule has 1 aliphatic rings. The lowest BCUT2D eigenvalue weighted by atomic mass is 9.98. The van der Waals surface area contributed by atoms with Crippen LogP contribution in [0, 0.1) is 5.92 Å². The molecule has 3 N–H and O–H groups in total. The summed E-state index contributed by atoms with van der Waals surface area (Å²) in [7, 11) is 0. The molecule has 1 fully saturated rings. The van der Waals surface area contributed by atoms with Gasteiger partial charge in [-0.25, -0.2) is 0 Å². The van der Waals surface area contributed by atoms with Gasteiger partial charge in [0.1, 0.15) is 0 Å². The van der Waals surface area contributed by atoms with Crippen LogP contribution < -0.4 is 10.6 Å². The van der Waals surface area contributed by atoms with Crippen LogP contribution in [0.4, 0.5) is 0 Å². The average molecular weight is 271 g/mol. The summed E-state index contributed by atoms with van der Waals surface area (Å²) in [5.74, 6) is 0.457. The highest BCUT2D eigenvalue weighted by molar-refractivity contribution is 5.85. The van der Waals surface area contributed by atoms with Crippen molar-refractivity contribution in [2.45, 2.75) is 39.2 Å². The van der Waals surface area contributed by atoms with E-state index in [0.717, 1.165) is 39.0 Å². The number of nitrogens with zero attached hydrogens (tertiary/aromatic N) is 1. The Kier molecular flexibility index (Phi) is 6.75. The molecule has 0 saturated carbocycles. The molecule has 0 bridgehead atoms. The van der Waals surface area contributed by atoms with E-state index in [9.17, 15) is 4.79 Å². The summed E-state index contributed by atoms with van der Waals surface area (Å²) in [6, 6.07) is 0. The number of rotatable bonds is 7. The van der Waals surface area contributed by atoms with Crippen molar-refractivity contribution in [3.8, 4) is 0 Å². The van der Waals surface area contributed by atoms with Crippen LogP contribution in [0.5, 0.6) is 0 Å². The molecule has 19 heavy (non-hydrogen) atoms. The van der Waals surface area contributed by atoms with E-state index in [1.165, 1.54) is 0 Å². The Morgan fingerprint density at radius 2 is 2.05 bits per heavy atom. The molecule has 1 unspecified atom stereocenters. The summed E-state index contributed by atoms with van der Waals surface area (Å²) in [6.07, 6.45) is 1.74. The minimum atomic E-state index is -0.459. The Labute approximate surface area is 116 Å². The van der Waals surface area contributed by atoms with Gasteiger partial charge in [0.15, 0.2) is 0 Å². The average Bonchev–Trinajstić information content (AvgIpc) is 2.43. The fourth-order valence-electron chi connectivity index (χ4n) is 2.45. The molecule has 1 aliphatic heterocycles. The number of amides is 1. The normalized spacial score (nSPS) is 19.2. The number of nitrogens with one attached hydrogen (secondary N) is 2. The highest BCUT2D eigenvalue weighted by Gasteiger charge is 2.35. The second kappa shape index (κ2) is 7.82. The van der Waals surface area contributed by atoms with Crippen LogP contribution in [0.3, 0.4) is 0 Å². The van der Waals surface area contributed by atoms with Crippen LogP contribution in [0.25, 0.3) is 0 Å². The third-order valence-electron chi connectivity index (χ3n) is 4.13. The first kappa shape index (κ1) is 16.4. The van der Waals surface area contributed by atoms with Crippen molar-refractivity contribution in [2.75, 3.05) is 39.3 Å². The molecule has 112 valence electrons. The van der Waals surface area contributed by atoms with Crippen molar-refractivity contribution in [2.24, 2.45) is 5.92 Å². The number of aliphatic hydroxyl groups excluding tert-OH is 1. The van der Waals surface area contributed by atoms with E-state index >= 15 is 0 Å². The van der Waals surface area contributed by atoms with E-state index in [2.05, 4.69) is 22.5 Å². The molecule has 5 nitrogen and oxygen atoms in total. The third-order valence-corrected chi connectivity index (χ3v) is 4.13. The first-order chi connectivity index (χ1) is 9.02. The fourth-order valence-corrected chi connectivity index (χ4v) is 2.45. The number of carbonyl (C=O) groups excluding carboxylic acids is 1. The van der Waals surface area contributed by atoms with Gasteiger partial charge in [0.05, 0.1) is 5.54 Å². The molecule has 1 heterocycles. The molecule has 0 aromatic carbocycles. The smallest absolute Gasteiger partial charge is 0.239 e. The third kappa shape index (κ3) is 4.75. The maximum absolute atomic E-state index is 12.4. The predicted molar refractivity (Wildman–Crippen MR) is 77.0 cm³/mol. The largest absolute Gasteiger partial charge is 0.396 e. The SMILES string of the molecule is CCC(CCO)CNC(=O)C(C)(C)N1CCNCC1. The van der Waals surface area contributed by atoms with Crippen molar-refractivity contribution >= 4 is 5.91 Å². The van der Waals surface area contributed by atoms with E-state index in [4.69, 9.17) is 5.11 Å². The number of carbonyl (C=O) groups is 1. The van der Waals surface area contributed by atoms with Gasteiger partial charge in [-0.2, -0.15) is 0 Å². The summed E-state index contributed by atoms with van der Waals surface area (Å²) < 4.78 is 0. The number of hydrogen-bond acceptors (Lipinski definition) is 4. The molecular formula is C14H29N3O2. The van der Waals surface area contributed by atoms with Gasteiger partial charge in [-0.15, -0.1) is 0 Å². The van der Waals surface area contributed by atoms with Crippen LogP contribution >= 0.6 is 0 Å². The molecule has 0 aromatic heterocycles. The molecule has 0 aliphatic carbocycles. The molecule has 0 spiro atoms. The maximum Gasteiger partial charge on any atom is 0.239 e. The maximum atomic E-state index is 12.4. The van der Waals surface area contributed by atoms with Crippen LogP contribution in [0.15, 0.2) is 0 Å². The first-order valence-corrected chi connectivity index (χ1v) is 7.37. The zero-order chi connectivity index (χ0) is 14.3. The van der Waals surface area contributed by atoms with E-state index < -0.39 is 5.54 Å². The van der Waals surface area contributed by atoms with E-state index in [-0.39, 0.29) is 12.5 Å². The van der Waals surface area contributed by atoms with Gasteiger partial charge in [0, 0.05) is 39.3 Å². The fraction of sp³-hybridized carbons (Fsp3) is 0.929. The van der Waals surface area contributed by atoms with Crippen LogP contribution in [0.1, 0.15) is 33.6 Å². The molecule has 1 rings (SSSR count). The highest BCUT2D eigenvalue weighted by Crippen LogP contribution is 2.16. The van der Waals surface area contributed by atoms with Crippen LogP contribution in [0.2, 0.25) is 0 Å². The van der Waals surface area contributed by atoms with Crippen LogP contribution in [-0.2, 0) is 4.79 Å². The van der Waals surface area contributed by atoms with Gasteiger partial charge >= 0.3 is 0 Å². The van der Waals surface area contributed by atoms with Gasteiger partial charge in [-0.05, 0) is 26.2 Å². The van der Waals surface area contributed by atoms with E-state index in [1.54, 1.807) is 0 Å². The highest BCUT2D eigenvalue weighted by atomic mass is 16.3. The van der Waals surface area contributed by atoms with E-state index in [0.29, 0.717) is 12.5 Å². The van der Waals surface area contributed by atoms with Crippen molar-refractivity contribution < 1.29 is 9.90 Å². The van der Waals surface area contributed by atoms with E-state index in [1.807, 2.05) is 13.8 Å². The lowest BCUT2D eigenvalue weighted by Gasteiger charge is -2.40. The number of aliphatic hydroxyl groups is 1. The summed E-state index contributed by atoms with van der Waals surface area (Å²) in [5, 5.41) is 15.3. The number of hydrogen-bond donors (Lipinski definition) is 3. The summed E-state index contributed by atoms with van der Waals surface area (Å²) in [5.41, 5.74) is -0.459. The molecule has 0 aromatic rings. The second-order valence-electron chi connectivity index (χ2n) is 5.79. The summed E-state index contributed by atoms with van der Waals surface area (Å²) >= 11 is 0. The second-order valence-corrected chi connectivity index (χ2v) is 5.79. The Hall–Kier alpha value is -0.650.